The molecule has 1 aliphatic rings. The van der Waals surface area contributed by atoms with Gasteiger partial charge in [-0.05, 0) is 30.9 Å². The third kappa shape index (κ3) is 3.04. The van der Waals surface area contributed by atoms with Crippen LogP contribution in [0.2, 0.25) is 0 Å². The molecule has 1 aliphatic heterocycles. The molecule has 3 aromatic heterocycles. The zero-order valence-corrected chi connectivity index (χ0v) is 14.9. The second kappa shape index (κ2) is 6.55. The highest BCUT2D eigenvalue weighted by molar-refractivity contribution is 7.98. The molecule has 0 amide bonds. The number of rotatable bonds is 4. The van der Waals surface area contributed by atoms with E-state index in [9.17, 15) is 4.39 Å². The number of pyridine rings is 2. The second-order valence-corrected chi connectivity index (χ2v) is 6.93. The molecular formula is C18H19FN4OS. The number of ether oxygens (including phenoxy) is 1. The van der Waals surface area contributed by atoms with Crippen LogP contribution in [0.3, 0.4) is 0 Å². The lowest BCUT2D eigenvalue weighted by Gasteiger charge is -2.20. The van der Waals surface area contributed by atoms with Crippen molar-refractivity contribution in [2.45, 2.75) is 17.5 Å². The molecule has 4 heterocycles. The first-order chi connectivity index (χ1) is 12.2. The van der Waals surface area contributed by atoms with Crippen molar-refractivity contribution in [1.29, 1.82) is 0 Å². The van der Waals surface area contributed by atoms with Gasteiger partial charge in [0.1, 0.15) is 17.6 Å². The van der Waals surface area contributed by atoms with Crippen LogP contribution in [0.25, 0.3) is 22.3 Å². The van der Waals surface area contributed by atoms with E-state index in [0.29, 0.717) is 25.4 Å². The van der Waals surface area contributed by atoms with Gasteiger partial charge >= 0.3 is 0 Å². The summed E-state index contributed by atoms with van der Waals surface area (Å²) in [6, 6.07) is 7.96. The summed E-state index contributed by atoms with van der Waals surface area (Å²) >= 11 is 1.64. The summed E-state index contributed by atoms with van der Waals surface area (Å²) < 4.78 is 18.9. The fourth-order valence-corrected chi connectivity index (χ4v) is 3.55. The average Bonchev–Trinajstić information content (AvgIpc) is 3.26. The summed E-state index contributed by atoms with van der Waals surface area (Å²) in [6.45, 7) is 1.08. The Morgan fingerprint density at radius 3 is 2.96 bits per heavy atom. The molecule has 1 saturated heterocycles. The van der Waals surface area contributed by atoms with E-state index < -0.39 is 6.17 Å². The van der Waals surface area contributed by atoms with E-state index >= 15 is 0 Å². The van der Waals surface area contributed by atoms with Crippen molar-refractivity contribution in [1.82, 2.24) is 15.0 Å². The minimum atomic E-state index is -0.788. The molecule has 1 atom stereocenters. The van der Waals surface area contributed by atoms with Crippen molar-refractivity contribution in [3.05, 3.63) is 30.5 Å². The van der Waals surface area contributed by atoms with Crippen molar-refractivity contribution in [2.24, 2.45) is 0 Å². The monoisotopic (exact) mass is 358 g/mol. The fourth-order valence-electron chi connectivity index (χ4n) is 3.16. The molecule has 0 aliphatic carbocycles. The van der Waals surface area contributed by atoms with E-state index in [1.54, 1.807) is 18.9 Å². The summed E-state index contributed by atoms with van der Waals surface area (Å²) in [4.78, 5) is 15.5. The highest BCUT2D eigenvalue weighted by Crippen LogP contribution is 2.35. The third-order valence-electron chi connectivity index (χ3n) is 4.46. The van der Waals surface area contributed by atoms with Crippen LogP contribution in [0.1, 0.15) is 6.42 Å². The van der Waals surface area contributed by atoms with Gasteiger partial charge in [-0.15, -0.1) is 11.8 Å². The number of aromatic nitrogens is 3. The summed E-state index contributed by atoms with van der Waals surface area (Å²) in [5, 5.41) is 1.00. The molecule has 1 fully saturated rings. The van der Waals surface area contributed by atoms with Gasteiger partial charge < -0.3 is 14.6 Å². The van der Waals surface area contributed by atoms with Crippen LogP contribution in [-0.4, -0.2) is 47.6 Å². The number of halogens is 1. The number of alkyl halides is 1. The zero-order valence-electron chi connectivity index (χ0n) is 14.1. The van der Waals surface area contributed by atoms with E-state index in [2.05, 4.69) is 27.1 Å². The van der Waals surface area contributed by atoms with Crippen LogP contribution in [-0.2, 0) is 0 Å². The van der Waals surface area contributed by atoms with Crippen molar-refractivity contribution in [3.63, 3.8) is 0 Å². The van der Waals surface area contributed by atoms with Gasteiger partial charge in [-0.1, -0.05) is 0 Å². The van der Waals surface area contributed by atoms with Gasteiger partial charge in [0, 0.05) is 34.7 Å². The normalized spacial score (nSPS) is 17.4. The number of nitrogens with zero attached hydrogens (tertiary/aromatic N) is 3. The lowest BCUT2D eigenvalue weighted by molar-refractivity contribution is 0.364. The van der Waals surface area contributed by atoms with Gasteiger partial charge in [-0.25, -0.2) is 9.37 Å². The number of methoxy groups -OCH3 is 1. The van der Waals surface area contributed by atoms with Gasteiger partial charge in [0.25, 0.3) is 0 Å². The highest BCUT2D eigenvalue weighted by Gasteiger charge is 2.25. The van der Waals surface area contributed by atoms with E-state index in [0.717, 1.165) is 33.0 Å². The molecule has 0 bridgehead atoms. The maximum atomic E-state index is 13.7. The largest absolute Gasteiger partial charge is 0.481 e. The Labute approximate surface area is 149 Å². The molecule has 3 aromatic rings. The average molecular weight is 358 g/mol. The number of hydrogen-bond donors (Lipinski definition) is 1. The molecule has 0 spiro atoms. The fraction of sp³-hybridized carbons (Fsp3) is 0.333. The second-order valence-electron chi connectivity index (χ2n) is 6.05. The van der Waals surface area contributed by atoms with Crippen molar-refractivity contribution in [3.8, 4) is 17.1 Å². The van der Waals surface area contributed by atoms with Crippen LogP contribution >= 0.6 is 11.8 Å². The summed E-state index contributed by atoms with van der Waals surface area (Å²) in [5.41, 5.74) is 2.66. The van der Waals surface area contributed by atoms with Crippen molar-refractivity contribution < 1.29 is 9.13 Å². The lowest BCUT2D eigenvalue weighted by atomic mass is 10.1. The number of fused-ring (bicyclic) bond motifs is 1. The molecule has 1 N–H and O–H groups in total. The predicted octanol–water partition coefficient (Wildman–Crippen LogP) is 3.90. The first-order valence-electron chi connectivity index (χ1n) is 8.15. The Balaban J connectivity index is 1.82. The number of thioether (sulfide) groups is 1. The molecule has 0 radical (unpaired) electrons. The summed E-state index contributed by atoms with van der Waals surface area (Å²) in [5.74, 6) is 1.38. The predicted molar refractivity (Wildman–Crippen MR) is 99.4 cm³/mol. The van der Waals surface area contributed by atoms with Gasteiger partial charge in [-0.2, -0.15) is 4.98 Å². The van der Waals surface area contributed by atoms with Crippen LogP contribution in [0.15, 0.2) is 35.4 Å². The molecule has 25 heavy (non-hydrogen) atoms. The minimum absolute atomic E-state index is 0.394. The SMILES string of the molecule is COc1ccc2cc(-c3cc(SC)cnc3N3CCC(F)C3)[nH]c2n1. The number of H-pyrrole nitrogens is 1. The van der Waals surface area contributed by atoms with Crippen LogP contribution in [0, 0.1) is 0 Å². The summed E-state index contributed by atoms with van der Waals surface area (Å²) in [7, 11) is 1.60. The molecule has 4 rings (SSSR count). The van der Waals surface area contributed by atoms with E-state index in [1.165, 1.54) is 0 Å². The smallest absolute Gasteiger partial charge is 0.214 e. The Morgan fingerprint density at radius 1 is 1.36 bits per heavy atom. The van der Waals surface area contributed by atoms with Crippen molar-refractivity contribution >= 4 is 28.6 Å². The lowest BCUT2D eigenvalue weighted by Crippen LogP contribution is -2.22. The van der Waals surface area contributed by atoms with Gasteiger partial charge in [0.15, 0.2) is 0 Å². The Bertz CT molecular complexity index is 913. The van der Waals surface area contributed by atoms with Crippen LogP contribution in [0.5, 0.6) is 5.88 Å². The molecule has 1 unspecified atom stereocenters. The quantitative estimate of drug-likeness (QED) is 0.717. The first kappa shape index (κ1) is 16.2. The number of anilines is 1. The maximum absolute atomic E-state index is 13.7. The zero-order chi connectivity index (χ0) is 17.4. The van der Waals surface area contributed by atoms with E-state index in [1.807, 2.05) is 29.5 Å². The third-order valence-corrected chi connectivity index (χ3v) is 5.16. The van der Waals surface area contributed by atoms with Crippen molar-refractivity contribution in [2.75, 3.05) is 31.4 Å². The first-order valence-corrected chi connectivity index (χ1v) is 9.37. The number of nitrogens with one attached hydrogen (secondary N) is 1. The number of hydrogen-bond acceptors (Lipinski definition) is 5. The maximum Gasteiger partial charge on any atom is 0.214 e. The molecule has 0 aromatic carbocycles. The van der Waals surface area contributed by atoms with Crippen LogP contribution < -0.4 is 9.64 Å². The molecular weight excluding hydrogens is 339 g/mol. The summed E-state index contributed by atoms with van der Waals surface area (Å²) in [6.07, 6.45) is 3.63. The number of aromatic amines is 1. The van der Waals surface area contributed by atoms with Gasteiger partial charge in [-0.3, -0.25) is 0 Å². The molecule has 0 saturated carbocycles. The molecule has 130 valence electrons. The van der Waals surface area contributed by atoms with Gasteiger partial charge in [0.05, 0.1) is 19.3 Å². The Morgan fingerprint density at radius 2 is 2.24 bits per heavy atom. The standard InChI is InChI=1S/C18H19FN4OS/c1-24-16-4-3-11-7-15(21-17(11)22-16)14-8-13(25-2)9-20-18(14)23-6-5-12(19)10-23/h3-4,7-9,12H,5-6,10H2,1-2H3,(H,21,22). The highest BCUT2D eigenvalue weighted by atomic mass is 32.2. The Kier molecular flexibility index (Phi) is 4.25. The van der Waals surface area contributed by atoms with Crippen LogP contribution in [0.4, 0.5) is 10.2 Å². The topological polar surface area (TPSA) is 54.0 Å². The molecule has 5 nitrogen and oxygen atoms in total. The molecule has 7 heteroatoms. The van der Waals surface area contributed by atoms with E-state index in [-0.39, 0.29) is 0 Å². The van der Waals surface area contributed by atoms with Gasteiger partial charge in [0.2, 0.25) is 5.88 Å². The Hall–Kier alpha value is -2.28. The van der Waals surface area contributed by atoms with E-state index in [4.69, 9.17) is 4.74 Å². The minimum Gasteiger partial charge on any atom is -0.481 e.